The highest BCUT2D eigenvalue weighted by molar-refractivity contribution is 6.35. The van der Waals surface area contributed by atoms with E-state index >= 15 is 0 Å². The molecule has 1 atom stereocenters. The Morgan fingerprint density at radius 2 is 1.87 bits per heavy atom. The van der Waals surface area contributed by atoms with Gasteiger partial charge in [0, 0.05) is 23.2 Å². The lowest BCUT2D eigenvalue weighted by atomic mass is 10.1. The van der Waals surface area contributed by atoms with Crippen LogP contribution in [0.25, 0.3) is 16.7 Å². The molecule has 0 saturated carbocycles. The Morgan fingerprint density at radius 3 is 2.55 bits per heavy atom. The van der Waals surface area contributed by atoms with Gasteiger partial charge < -0.3 is 5.32 Å². The normalized spacial score (nSPS) is 12.2. The fraction of sp³-hybridized carbons (Fsp3) is 0.174. The number of ketones is 1. The molecule has 0 bridgehead atoms. The van der Waals surface area contributed by atoms with E-state index in [-0.39, 0.29) is 33.7 Å². The number of benzene rings is 2. The Balaban J connectivity index is 2.00. The molecule has 0 aliphatic carbocycles. The molecule has 8 heteroatoms. The van der Waals surface area contributed by atoms with Crippen molar-refractivity contribution < 1.29 is 13.6 Å². The van der Waals surface area contributed by atoms with Crippen LogP contribution in [-0.4, -0.2) is 26.4 Å². The number of aromatic nitrogens is 3. The van der Waals surface area contributed by atoms with Crippen molar-refractivity contribution in [2.24, 2.45) is 0 Å². The van der Waals surface area contributed by atoms with E-state index in [2.05, 4.69) is 15.3 Å². The molecule has 0 fully saturated rings. The molecule has 5 nitrogen and oxygen atoms in total. The molecular formula is C23H19ClF2N4O. The van der Waals surface area contributed by atoms with Gasteiger partial charge in [-0.15, -0.1) is 0 Å². The van der Waals surface area contributed by atoms with Crippen molar-refractivity contribution in [2.75, 3.05) is 5.32 Å². The fourth-order valence-electron chi connectivity index (χ4n) is 3.26. The summed E-state index contributed by atoms with van der Waals surface area (Å²) in [4.78, 5) is 22.1. The largest absolute Gasteiger partial charge is 0.352 e. The maximum atomic E-state index is 14.8. The predicted octanol–water partition coefficient (Wildman–Crippen LogP) is 5.79. The summed E-state index contributed by atoms with van der Waals surface area (Å²) in [6.45, 7) is 3.98. The summed E-state index contributed by atoms with van der Waals surface area (Å²) in [7, 11) is 0. The van der Waals surface area contributed by atoms with Crippen LogP contribution >= 0.6 is 11.6 Å². The van der Waals surface area contributed by atoms with E-state index in [0.717, 1.165) is 18.6 Å². The smallest absolute Gasteiger partial charge is 0.224 e. The Kier molecular flexibility index (Phi) is 5.69. The molecule has 158 valence electrons. The van der Waals surface area contributed by atoms with Gasteiger partial charge in [-0.3, -0.25) is 9.36 Å². The zero-order valence-corrected chi connectivity index (χ0v) is 17.6. The first-order valence-corrected chi connectivity index (χ1v) is 10.2. The van der Waals surface area contributed by atoms with Crippen LogP contribution in [0.2, 0.25) is 5.02 Å². The summed E-state index contributed by atoms with van der Waals surface area (Å²) in [5.74, 6) is -1.82. The topological polar surface area (TPSA) is 59.8 Å². The van der Waals surface area contributed by atoms with E-state index in [1.165, 1.54) is 22.9 Å². The maximum absolute atomic E-state index is 14.8. The lowest BCUT2D eigenvalue weighted by Crippen LogP contribution is -2.16. The lowest BCUT2D eigenvalue weighted by molar-refractivity contribution is 0.103. The first-order chi connectivity index (χ1) is 14.9. The van der Waals surface area contributed by atoms with Crippen molar-refractivity contribution in [2.45, 2.75) is 26.3 Å². The molecule has 0 radical (unpaired) electrons. The van der Waals surface area contributed by atoms with Gasteiger partial charge in [-0.25, -0.2) is 13.8 Å². The van der Waals surface area contributed by atoms with Crippen molar-refractivity contribution in [3.63, 3.8) is 0 Å². The number of hydrogen-bond acceptors (Lipinski definition) is 4. The van der Waals surface area contributed by atoms with Gasteiger partial charge in [-0.05, 0) is 43.7 Å². The van der Waals surface area contributed by atoms with Crippen molar-refractivity contribution in [1.29, 1.82) is 0 Å². The molecule has 0 amide bonds. The first-order valence-electron chi connectivity index (χ1n) is 9.79. The molecule has 2 aromatic heterocycles. The van der Waals surface area contributed by atoms with Crippen LogP contribution in [0.3, 0.4) is 0 Å². The number of carbonyl (C=O) groups excluding carboxylic acids is 1. The van der Waals surface area contributed by atoms with E-state index in [0.29, 0.717) is 11.3 Å². The van der Waals surface area contributed by atoms with Crippen LogP contribution in [0.15, 0.2) is 54.7 Å². The van der Waals surface area contributed by atoms with Gasteiger partial charge in [0.15, 0.2) is 5.65 Å². The van der Waals surface area contributed by atoms with Crippen LogP contribution in [-0.2, 0) is 0 Å². The summed E-state index contributed by atoms with van der Waals surface area (Å²) in [6.07, 6.45) is 2.35. The van der Waals surface area contributed by atoms with Gasteiger partial charge in [-0.2, -0.15) is 4.98 Å². The molecule has 2 heterocycles. The molecule has 2 aromatic carbocycles. The third kappa shape index (κ3) is 3.88. The zero-order chi connectivity index (χ0) is 22.1. The van der Waals surface area contributed by atoms with Gasteiger partial charge in [0.05, 0.1) is 10.7 Å². The van der Waals surface area contributed by atoms with Crippen molar-refractivity contribution in [1.82, 2.24) is 14.5 Å². The lowest BCUT2D eigenvalue weighted by Gasteiger charge is -2.14. The standard InChI is InChI=1S/C23H19ClF2N4O/c1-3-13(2)28-23-27-12-14-11-19(21(31)15-7-4-5-8-16(15)24)30(22(14)29-23)20-17(25)9-6-10-18(20)26/h4-13H,3H2,1-2H3,(H,27,28,29). The minimum atomic E-state index is -0.819. The Hall–Kier alpha value is -3.32. The highest BCUT2D eigenvalue weighted by Crippen LogP contribution is 2.30. The molecule has 1 unspecified atom stereocenters. The maximum Gasteiger partial charge on any atom is 0.224 e. The van der Waals surface area contributed by atoms with Crippen LogP contribution in [0.4, 0.5) is 14.7 Å². The summed E-state index contributed by atoms with van der Waals surface area (Å²) in [5.41, 5.74) is 0.0688. The molecule has 4 rings (SSSR count). The molecule has 0 aliphatic rings. The van der Waals surface area contributed by atoms with Gasteiger partial charge in [0.1, 0.15) is 17.3 Å². The van der Waals surface area contributed by atoms with E-state index in [9.17, 15) is 13.6 Å². The van der Waals surface area contributed by atoms with E-state index < -0.39 is 17.4 Å². The fourth-order valence-corrected chi connectivity index (χ4v) is 3.48. The summed E-state index contributed by atoms with van der Waals surface area (Å²) in [6, 6.07) is 11.6. The number of nitrogens with zero attached hydrogens (tertiary/aromatic N) is 3. The van der Waals surface area contributed by atoms with Gasteiger partial charge in [0.2, 0.25) is 11.7 Å². The Bertz CT molecular complexity index is 1270. The summed E-state index contributed by atoms with van der Waals surface area (Å²) in [5, 5.41) is 3.85. The molecule has 0 spiro atoms. The highest BCUT2D eigenvalue weighted by atomic mass is 35.5. The molecule has 0 aliphatic heterocycles. The third-order valence-corrected chi connectivity index (χ3v) is 5.37. The molecule has 4 aromatic rings. The number of rotatable bonds is 6. The minimum absolute atomic E-state index is 0.0297. The van der Waals surface area contributed by atoms with Crippen LogP contribution < -0.4 is 5.32 Å². The molecular weight excluding hydrogens is 422 g/mol. The summed E-state index contributed by atoms with van der Waals surface area (Å²) < 4.78 is 30.7. The molecule has 1 N–H and O–H groups in total. The Labute approximate surface area is 182 Å². The second-order valence-electron chi connectivity index (χ2n) is 7.17. The van der Waals surface area contributed by atoms with Gasteiger partial charge in [0.25, 0.3) is 0 Å². The quantitative estimate of drug-likeness (QED) is 0.385. The monoisotopic (exact) mass is 440 g/mol. The van der Waals surface area contributed by atoms with E-state index in [4.69, 9.17) is 11.6 Å². The van der Waals surface area contributed by atoms with Crippen molar-refractivity contribution in [3.8, 4) is 5.69 Å². The number of halogens is 3. The average Bonchev–Trinajstić information content (AvgIpc) is 3.12. The van der Waals surface area contributed by atoms with Crippen LogP contribution in [0, 0.1) is 11.6 Å². The number of para-hydroxylation sites is 1. The van der Waals surface area contributed by atoms with Crippen molar-refractivity contribution in [3.05, 3.63) is 82.6 Å². The first kappa shape index (κ1) is 20.9. The molecule has 0 saturated heterocycles. The highest BCUT2D eigenvalue weighted by Gasteiger charge is 2.25. The van der Waals surface area contributed by atoms with Gasteiger partial charge in [-0.1, -0.05) is 36.7 Å². The van der Waals surface area contributed by atoms with Crippen molar-refractivity contribution >= 4 is 34.4 Å². The SMILES string of the molecule is CCC(C)Nc1ncc2cc(C(=O)c3ccccc3Cl)n(-c3c(F)cccc3F)c2n1. The number of anilines is 1. The zero-order valence-electron chi connectivity index (χ0n) is 16.9. The summed E-state index contributed by atoms with van der Waals surface area (Å²) >= 11 is 6.21. The second kappa shape index (κ2) is 8.43. The second-order valence-corrected chi connectivity index (χ2v) is 7.58. The number of nitrogens with one attached hydrogen (secondary N) is 1. The predicted molar refractivity (Wildman–Crippen MR) is 117 cm³/mol. The minimum Gasteiger partial charge on any atom is -0.352 e. The van der Waals surface area contributed by atoms with Gasteiger partial charge >= 0.3 is 0 Å². The van der Waals surface area contributed by atoms with Crippen LogP contribution in [0.5, 0.6) is 0 Å². The third-order valence-electron chi connectivity index (χ3n) is 5.04. The van der Waals surface area contributed by atoms with E-state index in [1.807, 2.05) is 13.8 Å². The van der Waals surface area contributed by atoms with Crippen LogP contribution in [0.1, 0.15) is 36.3 Å². The Morgan fingerprint density at radius 1 is 1.16 bits per heavy atom. The molecule has 31 heavy (non-hydrogen) atoms. The average molecular weight is 441 g/mol. The number of hydrogen-bond donors (Lipinski definition) is 1. The van der Waals surface area contributed by atoms with E-state index in [1.54, 1.807) is 24.3 Å². The number of carbonyl (C=O) groups is 1. The number of fused-ring (bicyclic) bond motifs is 1.